The van der Waals surface area contributed by atoms with E-state index in [1.165, 1.54) is 6.26 Å². The summed E-state index contributed by atoms with van der Waals surface area (Å²) in [6.45, 7) is 7.03. The normalized spacial score (nSPS) is 15.8. The summed E-state index contributed by atoms with van der Waals surface area (Å²) >= 11 is 0. The molecule has 170 valence electrons. The Bertz CT molecular complexity index is 1230. The molecule has 2 aromatic carbocycles. The van der Waals surface area contributed by atoms with Gasteiger partial charge in [0.05, 0.1) is 4.90 Å². The number of rotatable bonds is 3. The Morgan fingerprint density at radius 3 is 2.19 bits per heavy atom. The molecule has 0 bridgehead atoms. The number of carbonyl (C=O) groups is 1. The van der Waals surface area contributed by atoms with Crippen molar-refractivity contribution in [2.75, 3.05) is 19.3 Å². The molecule has 0 radical (unpaired) electrons. The Labute approximate surface area is 189 Å². The summed E-state index contributed by atoms with van der Waals surface area (Å²) in [7, 11) is -3.20. The first-order valence-corrected chi connectivity index (χ1v) is 12.8. The van der Waals surface area contributed by atoms with Gasteiger partial charge in [-0.1, -0.05) is 18.2 Å². The lowest BCUT2D eigenvalue weighted by Gasteiger charge is -2.34. The molecule has 0 N–H and O–H groups in total. The van der Waals surface area contributed by atoms with Crippen molar-refractivity contribution < 1.29 is 17.9 Å². The predicted octanol–water partition coefficient (Wildman–Crippen LogP) is 5.28. The molecule has 1 aliphatic heterocycles. The molecule has 1 aromatic heterocycles. The summed E-state index contributed by atoms with van der Waals surface area (Å²) < 4.78 is 31.2. The van der Waals surface area contributed by atoms with Crippen LogP contribution in [0.2, 0.25) is 0 Å². The lowest BCUT2D eigenvalue weighted by atomic mass is 10.0. The fraction of sp³-hybridized carbons (Fsp3) is 0.400. The minimum Gasteiger partial charge on any atom is -0.444 e. The molecule has 0 spiro atoms. The number of fused-ring (bicyclic) bond motifs is 1. The maximum absolute atomic E-state index is 12.3. The molecule has 0 saturated carbocycles. The number of hydrogen-bond donors (Lipinski definition) is 0. The highest BCUT2D eigenvalue weighted by Crippen LogP contribution is 2.31. The Balaban J connectivity index is 1.49. The number of aromatic nitrogens is 1. The number of amides is 1. The summed E-state index contributed by atoms with van der Waals surface area (Å²) in [5.74, 6) is 0. The van der Waals surface area contributed by atoms with Crippen LogP contribution in [0.25, 0.3) is 22.0 Å². The Hall–Kier alpha value is -2.80. The van der Waals surface area contributed by atoms with E-state index in [4.69, 9.17) is 4.74 Å². The van der Waals surface area contributed by atoms with Crippen LogP contribution in [0.4, 0.5) is 4.79 Å². The van der Waals surface area contributed by atoms with Crippen LogP contribution in [0.3, 0.4) is 0 Å². The van der Waals surface area contributed by atoms with E-state index in [9.17, 15) is 13.2 Å². The third-order valence-corrected chi connectivity index (χ3v) is 6.97. The van der Waals surface area contributed by atoms with Gasteiger partial charge in [0.1, 0.15) is 5.60 Å². The minimum atomic E-state index is -3.20. The van der Waals surface area contributed by atoms with Gasteiger partial charge in [0.25, 0.3) is 0 Å². The second kappa shape index (κ2) is 8.28. The van der Waals surface area contributed by atoms with Crippen molar-refractivity contribution in [2.45, 2.75) is 50.2 Å². The van der Waals surface area contributed by atoms with Crippen LogP contribution in [-0.4, -0.2) is 48.9 Å². The highest BCUT2D eigenvalue weighted by molar-refractivity contribution is 7.90. The molecule has 3 aromatic rings. The number of hydrogen-bond acceptors (Lipinski definition) is 4. The fourth-order valence-corrected chi connectivity index (χ4v) is 4.84. The summed E-state index contributed by atoms with van der Waals surface area (Å²) in [5.41, 5.74) is 2.72. The summed E-state index contributed by atoms with van der Waals surface area (Å²) in [4.78, 5) is 14.5. The number of piperidine rings is 1. The lowest BCUT2D eigenvalue weighted by molar-refractivity contribution is 0.0189. The van der Waals surface area contributed by atoms with Gasteiger partial charge in [-0.25, -0.2) is 13.2 Å². The van der Waals surface area contributed by atoms with Gasteiger partial charge < -0.3 is 14.2 Å². The Morgan fingerprint density at radius 2 is 1.59 bits per heavy atom. The molecule has 1 saturated heterocycles. The van der Waals surface area contributed by atoms with Crippen LogP contribution < -0.4 is 0 Å². The van der Waals surface area contributed by atoms with Crippen molar-refractivity contribution in [2.24, 2.45) is 0 Å². The number of likely N-dealkylation sites (tertiary alicyclic amines) is 1. The average Bonchev–Trinajstić information content (AvgIpc) is 3.15. The molecule has 4 rings (SSSR count). The molecule has 2 heterocycles. The third kappa shape index (κ3) is 4.83. The van der Waals surface area contributed by atoms with Crippen molar-refractivity contribution in [1.82, 2.24) is 9.47 Å². The van der Waals surface area contributed by atoms with Gasteiger partial charge in [-0.2, -0.15) is 0 Å². The van der Waals surface area contributed by atoms with E-state index in [0.29, 0.717) is 24.0 Å². The molecule has 0 unspecified atom stereocenters. The zero-order valence-electron chi connectivity index (χ0n) is 19.0. The van der Waals surface area contributed by atoms with Crippen molar-refractivity contribution in [1.29, 1.82) is 0 Å². The molecular weight excluding hydrogens is 424 g/mol. The largest absolute Gasteiger partial charge is 0.444 e. The van der Waals surface area contributed by atoms with Crippen LogP contribution in [0.15, 0.2) is 59.6 Å². The second-order valence-electron chi connectivity index (χ2n) is 9.49. The number of carbonyl (C=O) groups excluding carboxylic acids is 1. The third-order valence-electron chi connectivity index (χ3n) is 5.85. The SMILES string of the molecule is CC(C)(C)OC(=O)N1CCC(n2ccc3cc(-c4ccc(S(C)(=O)=O)cc4)ccc32)CC1. The van der Waals surface area contributed by atoms with Gasteiger partial charge in [-0.05, 0) is 75.1 Å². The van der Waals surface area contributed by atoms with Crippen LogP contribution in [0.1, 0.15) is 39.7 Å². The van der Waals surface area contributed by atoms with E-state index in [-0.39, 0.29) is 6.09 Å². The maximum atomic E-state index is 12.3. The highest BCUT2D eigenvalue weighted by Gasteiger charge is 2.27. The Kier molecular flexibility index (Phi) is 5.79. The first kappa shape index (κ1) is 22.4. The van der Waals surface area contributed by atoms with E-state index < -0.39 is 15.4 Å². The molecule has 6 nitrogen and oxygen atoms in total. The second-order valence-corrected chi connectivity index (χ2v) is 11.5. The van der Waals surface area contributed by atoms with Crippen LogP contribution in [0.5, 0.6) is 0 Å². The fourth-order valence-electron chi connectivity index (χ4n) is 4.21. The van der Waals surface area contributed by atoms with E-state index in [2.05, 4.69) is 35.0 Å². The van der Waals surface area contributed by atoms with Crippen molar-refractivity contribution in [3.63, 3.8) is 0 Å². The van der Waals surface area contributed by atoms with Gasteiger partial charge in [0.15, 0.2) is 9.84 Å². The monoisotopic (exact) mass is 454 g/mol. The average molecular weight is 455 g/mol. The minimum absolute atomic E-state index is 0.236. The zero-order chi connectivity index (χ0) is 23.1. The predicted molar refractivity (Wildman–Crippen MR) is 127 cm³/mol. The van der Waals surface area contributed by atoms with Gasteiger partial charge in [0, 0.05) is 42.5 Å². The molecule has 1 amide bonds. The van der Waals surface area contributed by atoms with Crippen molar-refractivity contribution >= 4 is 26.8 Å². The number of ether oxygens (including phenoxy) is 1. The zero-order valence-corrected chi connectivity index (χ0v) is 19.9. The van der Waals surface area contributed by atoms with Gasteiger partial charge in [-0.3, -0.25) is 0 Å². The standard InChI is InChI=1S/C25H30N2O4S/c1-25(2,3)31-24(28)26-14-12-21(13-15-26)27-16-11-20-17-19(7-10-23(20)27)18-5-8-22(9-6-18)32(4,29)30/h5-11,16-17,21H,12-15H2,1-4H3. The molecule has 7 heteroatoms. The smallest absolute Gasteiger partial charge is 0.410 e. The summed E-state index contributed by atoms with van der Waals surface area (Å²) in [6, 6.07) is 15.8. The van der Waals surface area contributed by atoms with E-state index in [1.54, 1.807) is 17.0 Å². The van der Waals surface area contributed by atoms with E-state index in [1.807, 2.05) is 32.9 Å². The van der Waals surface area contributed by atoms with E-state index in [0.717, 1.165) is 34.9 Å². The molecule has 32 heavy (non-hydrogen) atoms. The summed E-state index contributed by atoms with van der Waals surface area (Å²) in [6.07, 6.45) is 4.87. The molecule has 0 aliphatic carbocycles. The highest BCUT2D eigenvalue weighted by atomic mass is 32.2. The topological polar surface area (TPSA) is 68.6 Å². The molecule has 0 atom stereocenters. The maximum Gasteiger partial charge on any atom is 0.410 e. The number of benzene rings is 2. The quantitative estimate of drug-likeness (QED) is 0.540. The lowest BCUT2D eigenvalue weighted by Crippen LogP contribution is -2.42. The summed E-state index contributed by atoms with van der Waals surface area (Å²) in [5, 5.41) is 1.14. The van der Waals surface area contributed by atoms with Gasteiger partial charge >= 0.3 is 6.09 Å². The molecular formula is C25H30N2O4S. The molecule has 1 aliphatic rings. The number of sulfone groups is 1. The van der Waals surface area contributed by atoms with Crippen LogP contribution in [0, 0.1) is 0 Å². The van der Waals surface area contributed by atoms with E-state index >= 15 is 0 Å². The first-order chi connectivity index (χ1) is 15.0. The van der Waals surface area contributed by atoms with Crippen LogP contribution in [-0.2, 0) is 14.6 Å². The van der Waals surface area contributed by atoms with Gasteiger partial charge in [-0.15, -0.1) is 0 Å². The first-order valence-electron chi connectivity index (χ1n) is 10.9. The van der Waals surface area contributed by atoms with Crippen LogP contribution >= 0.6 is 0 Å². The van der Waals surface area contributed by atoms with Crippen molar-refractivity contribution in [3.8, 4) is 11.1 Å². The molecule has 1 fully saturated rings. The number of nitrogens with zero attached hydrogens (tertiary/aromatic N) is 2. The van der Waals surface area contributed by atoms with Gasteiger partial charge in [0.2, 0.25) is 0 Å². The Morgan fingerprint density at radius 1 is 0.969 bits per heavy atom. The van der Waals surface area contributed by atoms with Crippen molar-refractivity contribution in [3.05, 3.63) is 54.7 Å².